The van der Waals surface area contributed by atoms with Crippen LogP contribution in [0.1, 0.15) is 12.0 Å². The third-order valence-electron chi connectivity index (χ3n) is 6.40. The molecular formula is C28H27N7. The Bertz CT molecular complexity index is 1590. The van der Waals surface area contributed by atoms with Crippen molar-refractivity contribution in [2.45, 2.75) is 19.9 Å². The molecule has 174 valence electrons. The highest BCUT2D eigenvalue weighted by Crippen LogP contribution is 2.36. The van der Waals surface area contributed by atoms with Crippen LogP contribution < -0.4 is 0 Å². The van der Waals surface area contributed by atoms with Crippen LogP contribution in [-0.2, 0) is 6.54 Å². The number of fused-ring (bicyclic) bond motifs is 6. The van der Waals surface area contributed by atoms with Crippen LogP contribution in [0.25, 0.3) is 55.5 Å². The first-order valence-electron chi connectivity index (χ1n) is 11.9. The molecule has 0 atom stereocenters. The van der Waals surface area contributed by atoms with E-state index in [-0.39, 0.29) is 0 Å². The van der Waals surface area contributed by atoms with Crippen molar-refractivity contribution in [1.82, 2.24) is 34.6 Å². The van der Waals surface area contributed by atoms with Crippen molar-refractivity contribution < 1.29 is 0 Å². The minimum Gasteiger partial charge on any atom is -0.337 e. The fourth-order valence-corrected chi connectivity index (χ4v) is 4.65. The Balaban J connectivity index is 1.56. The number of hydrogen-bond acceptors (Lipinski definition) is 5. The van der Waals surface area contributed by atoms with Crippen molar-refractivity contribution in [3.05, 3.63) is 72.7 Å². The lowest BCUT2D eigenvalue weighted by Gasteiger charge is -2.08. The molecule has 0 bridgehead atoms. The number of aromatic amines is 1. The maximum atomic E-state index is 5.10. The summed E-state index contributed by atoms with van der Waals surface area (Å²) in [6, 6.07) is 16.6. The van der Waals surface area contributed by atoms with E-state index in [4.69, 9.17) is 10.1 Å². The second-order valence-corrected chi connectivity index (χ2v) is 9.29. The van der Waals surface area contributed by atoms with E-state index in [2.05, 4.69) is 83.5 Å². The number of nitrogens with zero attached hydrogens (tertiary/aromatic N) is 6. The molecule has 1 N–H and O–H groups in total. The lowest BCUT2D eigenvalue weighted by Crippen LogP contribution is -2.15. The summed E-state index contributed by atoms with van der Waals surface area (Å²) in [5, 5.41) is 7.00. The van der Waals surface area contributed by atoms with Crippen LogP contribution in [0.3, 0.4) is 0 Å². The minimum atomic E-state index is 0.802. The molecule has 4 aromatic heterocycles. The summed E-state index contributed by atoms with van der Waals surface area (Å²) in [5.41, 5.74) is 7.84. The third-order valence-corrected chi connectivity index (χ3v) is 6.40. The maximum absolute atomic E-state index is 5.10. The van der Waals surface area contributed by atoms with Gasteiger partial charge in [0.15, 0.2) is 0 Å². The first-order valence-corrected chi connectivity index (χ1v) is 11.9. The SMILES string of the molecule is Cc1ccc(-c2nn(CCCN(C)C)cc2-c2nc3c4cccnc4c4ncccc4c3[nH]2)cc1. The number of H-pyrrole nitrogens is 1. The standard InChI is InChI=1S/C28H27N7/c1-18-9-11-19(12-10-18)23-22(17-35(33-23)16-6-15-34(2)3)28-31-26-20-7-4-13-29-24(20)25-21(27(26)32-28)8-5-14-30-25/h4-5,7-14,17H,6,15-16H2,1-3H3,(H,31,32). The van der Waals surface area contributed by atoms with Crippen molar-refractivity contribution in [3.8, 4) is 22.6 Å². The molecule has 4 heterocycles. The number of nitrogens with one attached hydrogen (secondary N) is 1. The first-order chi connectivity index (χ1) is 17.1. The fraction of sp³-hybridized carbons (Fsp3) is 0.214. The Hall–Kier alpha value is -4.10. The molecule has 7 nitrogen and oxygen atoms in total. The summed E-state index contributed by atoms with van der Waals surface area (Å²) < 4.78 is 2.04. The topological polar surface area (TPSA) is 75.5 Å². The van der Waals surface area contributed by atoms with Gasteiger partial charge in [0, 0.05) is 41.5 Å². The van der Waals surface area contributed by atoms with Crippen molar-refractivity contribution in [3.63, 3.8) is 0 Å². The largest absolute Gasteiger partial charge is 0.337 e. The van der Waals surface area contributed by atoms with Gasteiger partial charge in [0.1, 0.15) is 11.5 Å². The summed E-state index contributed by atoms with van der Waals surface area (Å²) in [5.74, 6) is 0.802. The van der Waals surface area contributed by atoms with Crippen molar-refractivity contribution in [2.75, 3.05) is 20.6 Å². The van der Waals surface area contributed by atoms with E-state index >= 15 is 0 Å². The number of rotatable bonds is 6. The van der Waals surface area contributed by atoms with Gasteiger partial charge in [0.05, 0.1) is 27.6 Å². The zero-order valence-electron chi connectivity index (χ0n) is 20.2. The molecular weight excluding hydrogens is 434 g/mol. The molecule has 0 fully saturated rings. The molecule has 7 heteroatoms. The second kappa shape index (κ2) is 8.60. The molecule has 6 rings (SSSR count). The van der Waals surface area contributed by atoms with Gasteiger partial charge >= 0.3 is 0 Å². The predicted molar refractivity (Wildman–Crippen MR) is 141 cm³/mol. The monoisotopic (exact) mass is 461 g/mol. The summed E-state index contributed by atoms with van der Waals surface area (Å²) in [6.45, 7) is 3.96. The lowest BCUT2D eigenvalue weighted by atomic mass is 10.1. The predicted octanol–water partition coefficient (Wildman–Crippen LogP) is 5.45. The highest BCUT2D eigenvalue weighted by molar-refractivity contribution is 6.21. The number of aryl methyl sites for hydroxylation is 2. The minimum absolute atomic E-state index is 0.802. The number of aromatic nitrogens is 6. The Kier molecular flexibility index (Phi) is 5.26. The zero-order chi connectivity index (χ0) is 23.9. The van der Waals surface area contributed by atoms with Gasteiger partial charge in [-0.15, -0.1) is 0 Å². The summed E-state index contributed by atoms with van der Waals surface area (Å²) >= 11 is 0. The van der Waals surface area contributed by atoms with Crippen LogP contribution in [0.5, 0.6) is 0 Å². The van der Waals surface area contributed by atoms with Gasteiger partial charge < -0.3 is 9.88 Å². The Morgan fingerprint density at radius 2 is 1.60 bits per heavy atom. The highest BCUT2D eigenvalue weighted by atomic mass is 15.3. The van der Waals surface area contributed by atoms with E-state index in [1.165, 1.54) is 5.56 Å². The molecule has 0 amide bonds. The maximum Gasteiger partial charge on any atom is 0.142 e. The van der Waals surface area contributed by atoms with Crippen molar-refractivity contribution >= 4 is 32.8 Å². The van der Waals surface area contributed by atoms with Crippen LogP contribution in [0.15, 0.2) is 67.1 Å². The van der Waals surface area contributed by atoms with Gasteiger partial charge in [-0.3, -0.25) is 14.6 Å². The van der Waals surface area contributed by atoms with Gasteiger partial charge in [0.25, 0.3) is 0 Å². The van der Waals surface area contributed by atoms with Crippen LogP contribution in [0.2, 0.25) is 0 Å². The number of imidazole rings is 1. The smallest absolute Gasteiger partial charge is 0.142 e. The first kappa shape index (κ1) is 21.4. The third kappa shape index (κ3) is 3.84. The van der Waals surface area contributed by atoms with Crippen molar-refractivity contribution in [1.29, 1.82) is 0 Å². The fourth-order valence-electron chi connectivity index (χ4n) is 4.65. The van der Waals surface area contributed by atoms with Gasteiger partial charge in [-0.2, -0.15) is 5.10 Å². The van der Waals surface area contributed by atoms with Gasteiger partial charge in [0.2, 0.25) is 0 Å². The van der Waals surface area contributed by atoms with E-state index in [1.54, 1.807) is 0 Å². The Labute approximate surface area is 203 Å². The average Bonchev–Trinajstić information content (AvgIpc) is 3.50. The molecule has 0 unspecified atom stereocenters. The van der Waals surface area contributed by atoms with Gasteiger partial charge in [-0.1, -0.05) is 29.8 Å². The van der Waals surface area contributed by atoms with E-state index in [9.17, 15) is 0 Å². The molecule has 0 aliphatic carbocycles. The van der Waals surface area contributed by atoms with E-state index in [0.29, 0.717) is 0 Å². The van der Waals surface area contributed by atoms with Crippen molar-refractivity contribution in [2.24, 2.45) is 0 Å². The molecule has 0 saturated carbocycles. The zero-order valence-corrected chi connectivity index (χ0v) is 20.2. The molecule has 35 heavy (non-hydrogen) atoms. The molecule has 6 aromatic rings. The highest BCUT2D eigenvalue weighted by Gasteiger charge is 2.19. The summed E-state index contributed by atoms with van der Waals surface area (Å²) in [4.78, 5) is 20.2. The molecule has 0 aliphatic rings. The average molecular weight is 462 g/mol. The summed E-state index contributed by atoms with van der Waals surface area (Å²) in [6.07, 6.45) is 6.76. The Morgan fingerprint density at radius 1 is 0.886 bits per heavy atom. The van der Waals surface area contributed by atoms with Crippen LogP contribution in [-0.4, -0.2) is 55.3 Å². The normalized spacial score (nSPS) is 11.9. The van der Waals surface area contributed by atoms with E-state index in [0.717, 1.165) is 75.0 Å². The van der Waals surface area contributed by atoms with Crippen LogP contribution in [0, 0.1) is 6.92 Å². The number of benzene rings is 2. The molecule has 0 radical (unpaired) electrons. The van der Waals surface area contributed by atoms with E-state index in [1.807, 2.05) is 29.2 Å². The molecule has 0 aliphatic heterocycles. The van der Waals surface area contributed by atoms with Gasteiger partial charge in [-0.25, -0.2) is 4.98 Å². The second-order valence-electron chi connectivity index (χ2n) is 9.29. The van der Waals surface area contributed by atoms with Gasteiger partial charge in [-0.05, 0) is 58.3 Å². The quantitative estimate of drug-likeness (QED) is 0.334. The van der Waals surface area contributed by atoms with E-state index < -0.39 is 0 Å². The van der Waals surface area contributed by atoms with Crippen LogP contribution in [0.4, 0.5) is 0 Å². The lowest BCUT2D eigenvalue weighted by molar-refractivity contribution is 0.381. The Morgan fingerprint density at radius 3 is 2.34 bits per heavy atom. The summed E-state index contributed by atoms with van der Waals surface area (Å²) in [7, 11) is 4.19. The molecule has 0 saturated heterocycles. The number of pyridine rings is 2. The molecule has 0 spiro atoms. The molecule has 2 aromatic carbocycles. The van der Waals surface area contributed by atoms with Crippen LogP contribution >= 0.6 is 0 Å². The number of hydrogen-bond donors (Lipinski definition) is 1.